The molecule has 0 bridgehead atoms. The lowest BCUT2D eigenvalue weighted by atomic mass is 10.1. The minimum absolute atomic E-state index is 0.123. The maximum Gasteiger partial charge on any atom is 0.335 e. The van der Waals surface area contributed by atoms with Crippen molar-refractivity contribution in [1.29, 1.82) is 0 Å². The lowest BCUT2D eigenvalue weighted by Crippen LogP contribution is -2.39. The summed E-state index contributed by atoms with van der Waals surface area (Å²) in [6.45, 7) is 1.78. The van der Waals surface area contributed by atoms with Gasteiger partial charge in [-0.2, -0.15) is 0 Å². The van der Waals surface area contributed by atoms with Crippen molar-refractivity contribution in [3.8, 4) is 0 Å². The summed E-state index contributed by atoms with van der Waals surface area (Å²) in [6, 6.07) is 3.79. The summed E-state index contributed by atoms with van der Waals surface area (Å²) in [5.74, 6) is -1.37. The van der Waals surface area contributed by atoms with Gasteiger partial charge in [0, 0.05) is 12.8 Å². The number of benzene rings is 1. The number of hydrogen-bond acceptors (Lipinski definition) is 4. The molecule has 1 rings (SSSR count). The Labute approximate surface area is 105 Å². The highest BCUT2D eigenvalue weighted by Crippen LogP contribution is 2.15. The number of hydrogen-bond donors (Lipinski definition) is 3. The van der Waals surface area contributed by atoms with Crippen LogP contribution in [0.15, 0.2) is 18.2 Å². The van der Waals surface area contributed by atoms with Crippen LogP contribution >= 0.6 is 0 Å². The number of carbonyl (C=O) groups is 2. The van der Waals surface area contributed by atoms with E-state index in [1.165, 1.54) is 19.2 Å². The molecule has 0 saturated heterocycles. The molecule has 1 aromatic carbocycles. The lowest BCUT2D eigenvalue weighted by molar-refractivity contribution is -0.118. The number of nitrogens with one attached hydrogen (secondary N) is 1. The molecule has 18 heavy (non-hydrogen) atoms. The van der Waals surface area contributed by atoms with E-state index < -0.39 is 12.0 Å². The normalized spacial score (nSPS) is 11.9. The van der Waals surface area contributed by atoms with Crippen LogP contribution in [0.3, 0.4) is 0 Å². The first kappa shape index (κ1) is 14.1. The number of methoxy groups -OCH3 is 1. The summed E-state index contributed by atoms with van der Waals surface area (Å²) in [5, 5.41) is 11.5. The molecule has 1 unspecified atom stereocenters. The number of carbonyl (C=O) groups excluding carboxylic acids is 1. The van der Waals surface area contributed by atoms with Gasteiger partial charge in [-0.25, -0.2) is 4.79 Å². The van der Waals surface area contributed by atoms with Gasteiger partial charge in [-0.05, 0) is 30.7 Å². The summed E-state index contributed by atoms with van der Waals surface area (Å²) in [5.41, 5.74) is 6.84. The van der Waals surface area contributed by atoms with Crippen molar-refractivity contribution in [2.75, 3.05) is 19.0 Å². The zero-order valence-corrected chi connectivity index (χ0v) is 10.3. The monoisotopic (exact) mass is 252 g/mol. The quantitative estimate of drug-likeness (QED) is 0.712. The second kappa shape index (κ2) is 6.13. The average molecular weight is 252 g/mol. The van der Waals surface area contributed by atoms with Gasteiger partial charge in [-0.3, -0.25) is 4.79 Å². The molecule has 0 aliphatic heterocycles. The number of aromatic carboxylic acids is 1. The Balaban J connectivity index is 2.77. The van der Waals surface area contributed by atoms with Gasteiger partial charge in [0.05, 0.1) is 12.2 Å². The van der Waals surface area contributed by atoms with Crippen LogP contribution in [0.25, 0.3) is 0 Å². The third kappa shape index (κ3) is 3.54. The van der Waals surface area contributed by atoms with Gasteiger partial charge in [0.1, 0.15) is 6.04 Å². The number of amides is 1. The summed E-state index contributed by atoms with van der Waals surface area (Å²) >= 11 is 0. The van der Waals surface area contributed by atoms with Crippen LogP contribution in [-0.4, -0.2) is 36.7 Å². The zero-order valence-electron chi connectivity index (χ0n) is 10.3. The van der Waals surface area contributed by atoms with Gasteiger partial charge in [0.25, 0.3) is 0 Å². The third-order valence-electron chi connectivity index (χ3n) is 2.41. The summed E-state index contributed by atoms with van der Waals surface area (Å²) in [4.78, 5) is 22.4. The van der Waals surface area contributed by atoms with Crippen LogP contribution in [0.5, 0.6) is 0 Å². The highest BCUT2D eigenvalue weighted by atomic mass is 16.5. The molecule has 98 valence electrons. The van der Waals surface area contributed by atoms with E-state index in [0.29, 0.717) is 11.3 Å². The Morgan fingerprint density at radius 1 is 1.50 bits per heavy atom. The Morgan fingerprint density at radius 2 is 2.17 bits per heavy atom. The van der Waals surface area contributed by atoms with Crippen LogP contribution in [0.4, 0.5) is 5.69 Å². The number of nitrogens with two attached hydrogens (primary N) is 1. The Bertz CT molecular complexity index is 459. The van der Waals surface area contributed by atoms with Crippen LogP contribution in [-0.2, 0) is 9.53 Å². The maximum atomic E-state index is 11.6. The van der Waals surface area contributed by atoms with Crippen LogP contribution in [0.2, 0.25) is 0 Å². The number of ether oxygens (including phenoxy) is 1. The Kier molecular flexibility index (Phi) is 4.82. The highest BCUT2D eigenvalue weighted by molar-refractivity contribution is 5.96. The molecule has 1 aromatic rings. The number of carboxylic acid groups (broad SMARTS) is 1. The van der Waals surface area contributed by atoms with Crippen molar-refractivity contribution in [3.63, 3.8) is 0 Å². The molecule has 0 radical (unpaired) electrons. The molecule has 6 heteroatoms. The molecule has 1 amide bonds. The van der Waals surface area contributed by atoms with Gasteiger partial charge in [0.2, 0.25) is 5.91 Å². The molecule has 4 N–H and O–H groups in total. The van der Waals surface area contributed by atoms with Crippen molar-refractivity contribution < 1.29 is 19.4 Å². The first-order valence-corrected chi connectivity index (χ1v) is 5.35. The van der Waals surface area contributed by atoms with Gasteiger partial charge in [-0.1, -0.05) is 0 Å². The molecule has 6 nitrogen and oxygen atoms in total. The van der Waals surface area contributed by atoms with E-state index >= 15 is 0 Å². The smallest absolute Gasteiger partial charge is 0.335 e. The molecule has 0 heterocycles. The van der Waals surface area contributed by atoms with Gasteiger partial charge in [0.15, 0.2) is 0 Å². The summed E-state index contributed by atoms with van der Waals surface area (Å²) in [6.07, 6.45) is 0. The molecule has 0 fully saturated rings. The molecule has 1 atom stereocenters. The highest BCUT2D eigenvalue weighted by Gasteiger charge is 2.14. The number of rotatable bonds is 5. The average Bonchev–Trinajstić information content (AvgIpc) is 2.28. The van der Waals surface area contributed by atoms with Crippen LogP contribution in [0.1, 0.15) is 15.9 Å². The minimum atomic E-state index is -0.999. The largest absolute Gasteiger partial charge is 0.478 e. The van der Waals surface area contributed by atoms with E-state index in [2.05, 4.69) is 5.32 Å². The van der Waals surface area contributed by atoms with Crippen molar-refractivity contribution >= 4 is 17.6 Å². The fraction of sp³-hybridized carbons (Fsp3) is 0.333. The molecular formula is C12H16N2O4. The molecule has 0 aliphatic rings. The maximum absolute atomic E-state index is 11.6. The van der Waals surface area contributed by atoms with Gasteiger partial charge < -0.3 is 20.9 Å². The van der Waals surface area contributed by atoms with E-state index in [9.17, 15) is 9.59 Å². The summed E-state index contributed by atoms with van der Waals surface area (Å²) in [7, 11) is 1.46. The lowest BCUT2D eigenvalue weighted by Gasteiger charge is -2.12. The van der Waals surface area contributed by atoms with E-state index in [1.807, 2.05) is 0 Å². The Hall–Kier alpha value is -1.92. The SMILES string of the molecule is COCC(N)C(=O)Nc1ccc(C(=O)O)c(C)c1. The molecule has 0 spiro atoms. The standard InChI is InChI=1S/C12H16N2O4/c1-7-5-8(3-4-9(7)12(16)17)14-11(15)10(13)6-18-2/h3-5,10H,6,13H2,1-2H3,(H,14,15)(H,16,17). The Morgan fingerprint density at radius 3 is 2.67 bits per heavy atom. The van der Waals surface area contributed by atoms with E-state index in [0.717, 1.165) is 0 Å². The van der Waals surface area contributed by atoms with Crippen molar-refractivity contribution in [2.45, 2.75) is 13.0 Å². The molecule has 0 aliphatic carbocycles. The molecular weight excluding hydrogens is 236 g/mol. The zero-order chi connectivity index (χ0) is 13.7. The first-order chi connectivity index (χ1) is 8.45. The predicted octanol–water partition coefficient (Wildman–Crippen LogP) is 0.605. The van der Waals surface area contributed by atoms with Crippen molar-refractivity contribution in [2.24, 2.45) is 5.73 Å². The number of carboxylic acids is 1. The summed E-state index contributed by atoms with van der Waals surface area (Å²) < 4.78 is 4.77. The molecule has 0 saturated carbocycles. The second-order valence-electron chi connectivity index (χ2n) is 3.89. The van der Waals surface area contributed by atoms with E-state index in [1.54, 1.807) is 13.0 Å². The van der Waals surface area contributed by atoms with Gasteiger partial charge >= 0.3 is 5.97 Å². The fourth-order valence-corrected chi connectivity index (χ4v) is 1.47. The van der Waals surface area contributed by atoms with E-state index in [4.69, 9.17) is 15.6 Å². The number of aryl methyl sites for hydroxylation is 1. The fourth-order valence-electron chi connectivity index (χ4n) is 1.47. The topological polar surface area (TPSA) is 102 Å². The van der Waals surface area contributed by atoms with Crippen molar-refractivity contribution in [3.05, 3.63) is 29.3 Å². The van der Waals surface area contributed by atoms with Crippen LogP contribution in [0, 0.1) is 6.92 Å². The first-order valence-electron chi connectivity index (χ1n) is 5.35. The van der Waals surface area contributed by atoms with Gasteiger partial charge in [-0.15, -0.1) is 0 Å². The van der Waals surface area contributed by atoms with Crippen LogP contribution < -0.4 is 11.1 Å². The number of anilines is 1. The molecule has 0 aromatic heterocycles. The predicted molar refractivity (Wildman–Crippen MR) is 66.6 cm³/mol. The third-order valence-corrected chi connectivity index (χ3v) is 2.41. The minimum Gasteiger partial charge on any atom is -0.478 e. The van der Waals surface area contributed by atoms with E-state index in [-0.39, 0.29) is 18.1 Å². The van der Waals surface area contributed by atoms with Crippen molar-refractivity contribution in [1.82, 2.24) is 0 Å². The second-order valence-corrected chi connectivity index (χ2v) is 3.89.